The molecule has 204 valence electrons. The van der Waals surface area contributed by atoms with Crippen molar-refractivity contribution in [2.24, 2.45) is 11.7 Å². The Morgan fingerprint density at radius 1 is 1.15 bits per heavy atom. The number of aromatic nitrogens is 4. The third-order valence-electron chi connectivity index (χ3n) is 8.28. The monoisotopic (exact) mass is 540 g/mol. The summed E-state index contributed by atoms with van der Waals surface area (Å²) < 4.78 is 14.4. The van der Waals surface area contributed by atoms with Gasteiger partial charge in [-0.25, -0.2) is 4.98 Å². The van der Waals surface area contributed by atoms with E-state index in [-0.39, 0.29) is 28.8 Å². The van der Waals surface area contributed by atoms with Gasteiger partial charge in [-0.05, 0) is 62.3 Å². The lowest BCUT2D eigenvalue weighted by molar-refractivity contribution is -0.0138. The number of rotatable bonds is 6. The first kappa shape index (κ1) is 24.5. The van der Waals surface area contributed by atoms with Gasteiger partial charge in [0.05, 0.1) is 18.2 Å². The zero-order valence-corrected chi connectivity index (χ0v) is 21.9. The molecule has 2 fully saturated rings. The van der Waals surface area contributed by atoms with Gasteiger partial charge in [0.1, 0.15) is 23.0 Å². The number of nitrogens with two attached hydrogens (primary N) is 1. The molecule has 4 aromatic rings. The summed E-state index contributed by atoms with van der Waals surface area (Å²) in [6.07, 6.45) is 5.25. The summed E-state index contributed by atoms with van der Waals surface area (Å²) in [6.45, 7) is 1.26. The van der Waals surface area contributed by atoms with Crippen LogP contribution in [0.25, 0.3) is 22.3 Å². The fourth-order valence-electron chi connectivity index (χ4n) is 6.10. The van der Waals surface area contributed by atoms with Crippen LogP contribution >= 0.6 is 0 Å². The smallest absolute Gasteiger partial charge is 0.286 e. The number of nitrogens with one attached hydrogen (secondary N) is 2. The van der Waals surface area contributed by atoms with E-state index in [2.05, 4.69) is 25.1 Å². The second-order valence-electron chi connectivity index (χ2n) is 10.7. The van der Waals surface area contributed by atoms with E-state index >= 15 is 0 Å². The molecule has 2 aromatic carbocycles. The maximum Gasteiger partial charge on any atom is 0.286 e. The van der Waals surface area contributed by atoms with Gasteiger partial charge in [0, 0.05) is 41.6 Å². The number of amides is 1. The first-order chi connectivity index (χ1) is 19.4. The minimum Gasteiger partial charge on any atom is -0.496 e. The molecular formula is C29H28N6O5. The molecule has 0 unspecified atom stereocenters. The Balaban J connectivity index is 1.33. The van der Waals surface area contributed by atoms with Gasteiger partial charge in [-0.1, -0.05) is 0 Å². The highest BCUT2D eigenvalue weighted by Crippen LogP contribution is 2.45. The van der Waals surface area contributed by atoms with Gasteiger partial charge >= 0.3 is 0 Å². The highest BCUT2D eigenvalue weighted by Gasteiger charge is 2.54. The third kappa shape index (κ3) is 3.80. The van der Waals surface area contributed by atoms with Gasteiger partial charge in [0.25, 0.3) is 5.91 Å². The molecular weight excluding hydrogens is 512 g/mol. The van der Waals surface area contributed by atoms with Crippen molar-refractivity contribution in [2.75, 3.05) is 20.2 Å². The summed E-state index contributed by atoms with van der Waals surface area (Å²) in [7, 11) is 1.59. The number of primary amides is 1. The highest BCUT2D eigenvalue weighted by molar-refractivity contribution is 6.19. The van der Waals surface area contributed by atoms with Crippen LogP contribution in [0.3, 0.4) is 0 Å². The average Bonchev–Trinajstić information content (AvgIpc) is 3.50. The molecule has 4 heterocycles. The van der Waals surface area contributed by atoms with Crippen LogP contribution in [-0.2, 0) is 0 Å². The molecule has 1 saturated carbocycles. The van der Waals surface area contributed by atoms with Crippen LogP contribution < -0.4 is 20.5 Å². The molecule has 2 aliphatic heterocycles. The van der Waals surface area contributed by atoms with E-state index in [4.69, 9.17) is 15.2 Å². The zero-order chi connectivity index (χ0) is 27.6. The normalized spacial score (nSPS) is 19.8. The molecule has 40 heavy (non-hydrogen) atoms. The third-order valence-corrected chi connectivity index (χ3v) is 8.28. The molecule has 1 atom stereocenters. The SMILES string of the molecule is COc1cc(C(=O)[C@@H]2C(=O)c3cc(-c4n[nH]c(C(N)=O)n4)ccc3OC23CCNCC3)cc2c1ccn2C1CC1. The summed E-state index contributed by atoms with van der Waals surface area (Å²) in [6, 6.07) is 11.1. The number of carbonyl (C=O) groups excluding carboxylic acids is 3. The molecule has 4 N–H and O–H groups in total. The number of methoxy groups -OCH3 is 1. The van der Waals surface area contributed by atoms with Crippen molar-refractivity contribution >= 4 is 28.4 Å². The Hall–Kier alpha value is -4.51. The summed E-state index contributed by atoms with van der Waals surface area (Å²) in [5.41, 5.74) is 6.45. The van der Waals surface area contributed by atoms with Gasteiger partial charge in [0.2, 0.25) is 5.82 Å². The van der Waals surface area contributed by atoms with E-state index in [1.807, 2.05) is 18.3 Å². The fraction of sp³-hybridized carbons (Fsp3) is 0.345. The molecule has 1 spiro atoms. The van der Waals surface area contributed by atoms with Crippen LogP contribution in [0, 0.1) is 5.92 Å². The number of Topliss-reactive ketones (excluding diaryl/α,β-unsaturated/α-hetero) is 2. The first-order valence-corrected chi connectivity index (χ1v) is 13.4. The lowest BCUT2D eigenvalue weighted by Crippen LogP contribution is -2.58. The Morgan fingerprint density at radius 3 is 2.65 bits per heavy atom. The molecule has 1 saturated heterocycles. The topological polar surface area (TPSA) is 154 Å². The quantitative estimate of drug-likeness (QED) is 0.249. The molecule has 11 heteroatoms. The number of H-pyrrole nitrogens is 1. The largest absolute Gasteiger partial charge is 0.496 e. The second kappa shape index (κ2) is 9.02. The summed E-state index contributed by atoms with van der Waals surface area (Å²) in [5.74, 6) is -1.24. The molecule has 0 bridgehead atoms. The predicted octanol–water partition coefficient (Wildman–Crippen LogP) is 3.07. The fourth-order valence-corrected chi connectivity index (χ4v) is 6.10. The molecule has 1 aliphatic carbocycles. The number of carbonyl (C=O) groups is 3. The number of benzene rings is 2. The van der Waals surface area contributed by atoms with Crippen molar-refractivity contribution in [2.45, 2.75) is 37.3 Å². The number of hydrogen-bond donors (Lipinski definition) is 3. The van der Waals surface area contributed by atoms with E-state index in [0.717, 1.165) is 23.7 Å². The van der Waals surface area contributed by atoms with E-state index in [9.17, 15) is 14.4 Å². The lowest BCUT2D eigenvalue weighted by Gasteiger charge is -2.45. The minimum atomic E-state index is -1.04. The Kier molecular flexibility index (Phi) is 5.53. The van der Waals surface area contributed by atoms with Crippen molar-refractivity contribution in [3.8, 4) is 22.9 Å². The maximum absolute atomic E-state index is 14.4. The highest BCUT2D eigenvalue weighted by atomic mass is 16.5. The molecule has 11 nitrogen and oxygen atoms in total. The number of aromatic amines is 1. The van der Waals surface area contributed by atoms with Gasteiger partial charge in [0.15, 0.2) is 17.4 Å². The van der Waals surface area contributed by atoms with Gasteiger partial charge in [-0.15, -0.1) is 0 Å². The summed E-state index contributed by atoms with van der Waals surface area (Å²) >= 11 is 0. The Bertz CT molecular complexity index is 1690. The van der Waals surface area contributed by atoms with E-state index in [1.165, 1.54) is 0 Å². The maximum atomic E-state index is 14.4. The standard InChI is InChI=1S/C29H28N6O5/c1-39-22-14-16(13-20-18(22)6-11-35(20)17-3-4-17)24(36)23-25(37)19-12-15(27-32-28(26(30)38)34-33-27)2-5-21(19)40-29(23)7-9-31-10-8-29/h2,5-6,11-14,17,23,31H,3-4,7-10H2,1H3,(H2,30,38)(H,32,33,34)/t23-/m1/s1. The van der Waals surface area contributed by atoms with Gasteiger partial charge < -0.3 is 25.1 Å². The molecule has 2 aromatic heterocycles. The minimum absolute atomic E-state index is 0.0858. The van der Waals surface area contributed by atoms with Crippen LogP contribution in [0.15, 0.2) is 42.6 Å². The average molecular weight is 541 g/mol. The Labute approximate surface area is 229 Å². The van der Waals surface area contributed by atoms with Crippen molar-refractivity contribution in [1.82, 2.24) is 25.1 Å². The first-order valence-electron chi connectivity index (χ1n) is 13.4. The van der Waals surface area contributed by atoms with Crippen molar-refractivity contribution in [1.29, 1.82) is 0 Å². The summed E-state index contributed by atoms with van der Waals surface area (Å²) in [5, 5.41) is 10.8. The number of nitrogens with zero attached hydrogens (tertiary/aromatic N) is 3. The van der Waals surface area contributed by atoms with E-state index < -0.39 is 17.4 Å². The molecule has 7 rings (SSSR count). The second-order valence-corrected chi connectivity index (χ2v) is 10.7. The Morgan fingerprint density at radius 2 is 1.95 bits per heavy atom. The van der Waals surface area contributed by atoms with Crippen LogP contribution in [0.4, 0.5) is 0 Å². The van der Waals surface area contributed by atoms with Crippen LogP contribution in [0.5, 0.6) is 11.5 Å². The molecule has 1 amide bonds. The van der Waals surface area contributed by atoms with Crippen LogP contribution in [-0.4, -0.2) is 63.0 Å². The van der Waals surface area contributed by atoms with Crippen molar-refractivity contribution in [3.63, 3.8) is 0 Å². The number of ketones is 2. The zero-order valence-electron chi connectivity index (χ0n) is 21.9. The van der Waals surface area contributed by atoms with E-state index in [0.29, 0.717) is 54.6 Å². The number of piperidine rings is 1. The van der Waals surface area contributed by atoms with Crippen LogP contribution in [0.2, 0.25) is 0 Å². The molecule has 3 aliphatic rings. The summed E-state index contributed by atoms with van der Waals surface area (Å²) in [4.78, 5) is 44.3. The van der Waals surface area contributed by atoms with E-state index in [1.54, 1.807) is 31.4 Å². The lowest BCUT2D eigenvalue weighted by atomic mass is 9.70. The number of fused-ring (bicyclic) bond motifs is 2. The van der Waals surface area contributed by atoms with Gasteiger partial charge in [-0.3, -0.25) is 19.5 Å². The van der Waals surface area contributed by atoms with Gasteiger partial charge in [-0.2, -0.15) is 5.10 Å². The molecule has 0 radical (unpaired) electrons. The number of hydrogen-bond acceptors (Lipinski definition) is 8. The van der Waals surface area contributed by atoms with Crippen molar-refractivity contribution in [3.05, 3.63) is 59.5 Å². The van der Waals surface area contributed by atoms with Crippen LogP contribution in [0.1, 0.15) is 63.1 Å². The van der Waals surface area contributed by atoms with Crippen molar-refractivity contribution < 1.29 is 23.9 Å². The number of ether oxygens (including phenoxy) is 2. The predicted molar refractivity (Wildman–Crippen MR) is 145 cm³/mol.